The van der Waals surface area contributed by atoms with Gasteiger partial charge in [-0.05, 0) is 20.8 Å². The molecule has 0 radical (unpaired) electrons. The molecular formula is C14H18O7. The summed E-state index contributed by atoms with van der Waals surface area (Å²) in [5.74, 6) is -0.900. The summed E-state index contributed by atoms with van der Waals surface area (Å²) in [5.41, 5.74) is -4.41. The fourth-order valence-corrected chi connectivity index (χ4v) is 5.43. The van der Waals surface area contributed by atoms with Crippen LogP contribution in [-0.2, 0) is 24.0 Å². The van der Waals surface area contributed by atoms with Crippen molar-refractivity contribution in [2.45, 2.75) is 68.4 Å². The summed E-state index contributed by atoms with van der Waals surface area (Å²) in [6, 6.07) is 0. The highest BCUT2D eigenvalue weighted by atomic mass is 17.2. The first kappa shape index (κ1) is 12.8. The molecule has 5 fully saturated rings. The maximum Gasteiger partial charge on any atom is 0.342 e. The summed E-state index contributed by atoms with van der Waals surface area (Å²) >= 11 is 0. The van der Waals surface area contributed by atoms with Crippen molar-refractivity contribution in [3.05, 3.63) is 0 Å². The van der Waals surface area contributed by atoms with Gasteiger partial charge >= 0.3 is 5.97 Å². The SMILES string of the molecule is CC(C)(O)[C@@H]1[C@@H]2OO[C@H]1[C@@]1(O)C[C@H]3O[C@]34C(=O)O[C@@H]2[C@@]41C. The number of esters is 1. The Balaban J connectivity index is 1.73. The van der Waals surface area contributed by atoms with Gasteiger partial charge in [0.1, 0.15) is 30.0 Å². The highest BCUT2D eigenvalue weighted by Crippen LogP contribution is 2.76. The number of epoxide rings is 1. The maximum absolute atomic E-state index is 12.3. The summed E-state index contributed by atoms with van der Waals surface area (Å²) in [5, 5.41) is 21.8. The lowest BCUT2D eigenvalue weighted by molar-refractivity contribution is -0.315. The number of carbonyl (C=O) groups is 1. The zero-order valence-electron chi connectivity index (χ0n) is 12.0. The smallest absolute Gasteiger partial charge is 0.342 e. The lowest BCUT2D eigenvalue weighted by atomic mass is 9.54. The first-order valence-corrected chi connectivity index (χ1v) is 7.34. The molecule has 3 heterocycles. The average molecular weight is 298 g/mol. The molecule has 8 atom stereocenters. The molecule has 3 saturated heterocycles. The monoisotopic (exact) mass is 298 g/mol. The Morgan fingerprint density at radius 1 is 1.29 bits per heavy atom. The molecule has 7 nitrogen and oxygen atoms in total. The Kier molecular flexibility index (Phi) is 1.83. The second kappa shape index (κ2) is 3.00. The van der Waals surface area contributed by atoms with E-state index in [1.54, 1.807) is 13.8 Å². The van der Waals surface area contributed by atoms with E-state index in [9.17, 15) is 15.0 Å². The summed E-state index contributed by atoms with van der Waals surface area (Å²) in [4.78, 5) is 23.1. The van der Waals surface area contributed by atoms with Gasteiger partial charge in [-0.25, -0.2) is 14.6 Å². The lowest BCUT2D eigenvalue weighted by Crippen LogP contribution is -2.70. The first-order chi connectivity index (χ1) is 9.68. The molecule has 0 aromatic carbocycles. The van der Waals surface area contributed by atoms with E-state index in [1.807, 2.05) is 6.92 Å². The number of fused-ring (bicyclic) bond motifs is 4. The van der Waals surface area contributed by atoms with Crippen LogP contribution < -0.4 is 0 Å². The van der Waals surface area contributed by atoms with Crippen LogP contribution in [0.15, 0.2) is 0 Å². The van der Waals surface area contributed by atoms with Crippen molar-refractivity contribution >= 4 is 5.97 Å². The molecule has 2 saturated carbocycles. The minimum atomic E-state index is -1.32. The quantitative estimate of drug-likeness (QED) is 0.375. The van der Waals surface area contributed by atoms with E-state index in [0.717, 1.165) is 0 Å². The Bertz CT molecular complexity index is 570. The molecule has 3 aliphatic heterocycles. The van der Waals surface area contributed by atoms with Crippen LogP contribution in [0.3, 0.4) is 0 Å². The fraction of sp³-hybridized carbons (Fsp3) is 0.929. The van der Waals surface area contributed by atoms with Crippen molar-refractivity contribution in [2.24, 2.45) is 11.3 Å². The Labute approximate surface area is 121 Å². The lowest BCUT2D eigenvalue weighted by Gasteiger charge is -2.52. The minimum absolute atomic E-state index is 0.294. The molecule has 5 rings (SSSR count). The normalized spacial score (nSPS) is 63.3. The molecule has 0 aromatic heterocycles. The Morgan fingerprint density at radius 2 is 2.00 bits per heavy atom. The second-order valence-electron chi connectivity index (χ2n) is 7.76. The maximum atomic E-state index is 12.3. The van der Waals surface area contributed by atoms with Gasteiger partial charge in [-0.15, -0.1) is 0 Å². The van der Waals surface area contributed by atoms with Crippen LogP contribution in [0, 0.1) is 11.3 Å². The molecule has 0 aromatic rings. The van der Waals surface area contributed by atoms with Crippen LogP contribution in [0.1, 0.15) is 27.2 Å². The van der Waals surface area contributed by atoms with Gasteiger partial charge in [0.05, 0.1) is 16.9 Å². The molecule has 2 aliphatic carbocycles. The number of aliphatic hydroxyl groups is 2. The summed E-state index contributed by atoms with van der Waals surface area (Å²) in [7, 11) is 0. The van der Waals surface area contributed by atoms with E-state index in [1.165, 1.54) is 0 Å². The number of carbonyl (C=O) groups excluding carboxylic acids is 1. The number of hydrogen-bond donors (Lipinski definition) is 2. The fourth-order valence-electron chi connectivity index (χ4n) is 5.43. The van der Waals surface area contributed by atoms with Gasteiger partial charge in [0, 0.05) is 6.42 Å². The van der Waals surface area contributed by atoms with Gasteiger partial charge in [0.25, 0.3) is 0 Å². The number of ether oxygens (including phenoxy) is 2. The van der Waals surface area contributed by atoms with E-state index < -0.39 is 52.4 Å². The highest BCUT2D eigenvalue weighted by Gasteiger charge is 2.95. The molecule has 116 valence electrons. The third-order valence-electron chi connectivity index (χ3n) is 6.53. The van der Waals surface area contributed by atoms with E-state index in [4.69, 9.17) is 19.2 Å². The minimum Gasteiger partial charge on any atom is -0.456 e. The Morgan fingerprint density at radius 3 is 2.67 bits per heavy atom. The zero-order chi connectivity index (χ0) is 15.0. The van der Waals surface area contributed by atoms with Crippen molar-refractivity contribution in [1.29, 1.82) is 0 Å². The van der Waals surface area contributed by atoms with Gasteiger partial charge < -0.3 is 19.7 Å². The molecule has 2 N–H and O–H groups in total. The summed E-state index contributed by atoms with van der Waals surface area (Å²) in [6.45, 7) is 5.12. The van der Waals surface area contributed by atoms with E-state index in [2.05, 4.69) is 0 Å². The van der Waals surface area contributed by atoms with Crippen molar-refractivity contribution in [3.63, 3.8) is 0 Å². The zero-order valence-corrected chi connectivity index (χ0v) is 12.0. The van der Waals surface area contributed by atoms with E-state index in [0.29, 0.717) is 6.42 Å². The van der Waals surface area contributed by atoms with Crippen molar-refractivity contribution in [2.75, 3.05) is 0 Å². The highest BCUT2D eigenvalue weighted by molar-refractivity contribution is 5.89. The molecule has 0 unspecified atom stereocenters. The van der Waals surface area contributed by atoms with Gasteiger partial charge in [-0.3, -0.25) is 0 Å². The summed E-state index contributed by atoms with van der Waals surface area (Å²) < 4.78 is 11.1. The average Bonchev–Trinajstić information content (AvgIpc) is 2.74. The predicted molar refractivity (Wildman–Crippen MR) is 64.7 cm³/mol. The summed E-state index contributed by atoms with van der Waals surface area (Å²) in [6.07, 6.45) is -2.03. The van der Waals surface area contributed by atoms with Gasteiger partial charge in [0.2, 0.25) is 5.60 Å². The van der Waals surface area contributed by atoms with Gasteiger partial charge in [0.15, 0.2) is 0 Å². The number of hydrogen-bond acceptors (Lipinski definition) is 7. The third-order valence-corrected chi connectivity index (χ3v) is 6.53. The molecule has 1 spiro atoms. The van der Waals surface area contributed by atoms with Crippen LogP contribution in [0.4, 0.5) is 0 Å². The van der Waals surface area contributed by atoms with Crippen LogP contribution in [0.2, 0.25) is 0 Å². The molecule has 7 heteroatoms. The van der Waals surface area contributed by atoms with E-state index >= 15 is 0 Å². The molecular weight excluding hydrogens is 280 g/mol. The molecule has 5 aliphatic rings. The van der Waals surface area contributed by atoms with Crippen LogP contribution in [-0.4, -0.2) is 57.4 Å². The standard InChI is InChI=1S/C14H18O7/c1-11(2,16)6-7-9-12(3)13(17,8(6)21-20-7)4-5-14(12,19-5)10(15)18-9/h5-9,16-17H,4H2,1-3H3/t5-,6-,7+,8-,9+,12-,13+,14+/m1/s1. The van der Waals surface area contributed by atoms with Crippen molar-refractivity contribution < 1.29 is 34.3 Å². The van der Waals surface area contributed by atoms with Crippen LogP contribution in [0.25, 0.3) is 0 Å². The molecule has 21 heavy (non-hydrogen) atoms. The van der Waals surface area contributed by atoms with Gasteiger partial charge in [-0.2, -0.15) is 0 Å². The second-order valence-corrected chi connectivity index (χ2v) is 7.76. The first-order valence-electron chi connectivity index (χ1n) is 7.34. The largest absolute Gasteiger partial charge is 0.456 e. The van der Waals surface area contributed by atoms with Crippen molar-refractivity contribution in [1.82, 2.24) is 0 Å². The van der Waals surface area contributed by atoms with Gasteiger partial charge in [-0.1, -0.05) is 0 Å². The van der Waals surface area contributed by atoms with Crippen LogP contribution >= 0.6 is 0 Å². The topological polar surface area (TPSA) is 97.8 Å². The molecule has 2 bridgehead atoms. The van der Waals surface area contributed by atoms with Crippen molar-refractivity contribution in [3.8, 4) is 0 Å². The third kappa shape index (κ3) is 0.988. The molecule has 0 amide bonds. The Hall–Kier alpha value is -0.730. The predicted octanol–water partition coefficient (Wildman–Crippen LogP) is -0.710. The van der Waals surface area contributed by atoms with Crippen LogP contribution in [0.5, 0.6) is 0 Å². The number of rotatable bonds is 1. The van der Waals surface area contributed by atoms with E-state index in [-0.39, 0.29) is 6.10 Å².